The van der Waals surface area contributed by atoms with Gasteiger partial charge >= 0.3 is 0 Å². The molecule has 0 spiro atoms. The summed E-state index contributed by atoms with van der Waals surface area (Å²) in [6, 6.07) is 3.56. The zero-order valence-electron chi connectivity index (χ0n) is 17.0. The Labute approximate surface area is 162 Å². The van der Waals surface area contributed by atoms with Crippen LogP contribution in [0.15, 0.2) is 17.1 Å². The number of likely N-dealkylation sites (N-methyl/N-ethyl adjacent to an activating group) is 1. The van der Waals surface area contributed by atoms with Crippen LogP contribution >= 0.6 is 0 Å². The number of ether oxygens (including phenoxy) is 1. The summed E-state index contributed by atoms with van der Waals surface area (Å²) in [5.74, 6) is 1.23. The van der Waals surface area contributed by atoms with Crippen molar-refractivity contribution >= 4 is 12.2 Å². The van der Waals surface area contributed by atoms with Gasteiger partial charge in [-0.3, -0.25) is 9.79 Å². The van der Waals surface area contributed by atoms with Crippen LogP contribution in [-0.4, -0.2) is 48.5 Å². The number of nitrogens with two attached hydrogens (primary N) is 1. The fraction of sp³-hybridized carbons (Fsp3) is 0.619. The maximum atomic E-state index is 13.1. The molecule has 3 N–H and O–H groups in total. The minimum atomic E-state index is -1.03. The Hall–Kier alpha value is -2.24. The first-order chi connectivity index (χ1) is 12.8. The van der Waals surface area contributed by atoms with Gasteiger partial charge in [-0.1, -0.05) is 32.1 Å². The summed E-state index contributed by atoms with van der Waals surface area (Å²) in [6.07, 6.45) is 7.73. The van der Waals surface area contributed by atoms with Gasteiger partial charge in [-0.2, -0.15) is 0 Å². The third kappa shape index (κ3) is 5.15. The molecule has 1 saturated carbocycles. The molecular weight excluding hydrogens is 342 g/mol. The van der Waals surface area contributed by atoms with E-state index in [4.69, 9.17) is 10.5 Å². The van der Waals surface area contributed by atoms with Crippen LogP contribution in [0.4, 0.5) is 0 Å². The van der Waals surface area contributed by atoms with Crippen LogP contribution in [0.1, 0.15) is 49.7 Å². The number of hydrogen-bond acceptors (Lipinski definition) is 4. The van der Waals surface area contributed by atoms with Gasteiger partial charge in [-0.25, -0.2) is 0 Å². The Morgan fingerprint density at radius 1 is 1.30 bits per heavy atom. The molecule has 0 saturated heterocycles. The number of aromatic hydroxyl groups is 1. The quantitative estimate of drug-likeness (QED) is 0.566. The van der Waals surface area contributed by atoms with E-state index in [2.05, 4.69) is 4.99 Å². The molecule has 0 aliphatic heterocycles. The highest BCUT2D eigenvalue weighted by Gasteiger charge is 2.42. The van der Waals surface area contributed by atoms with Gasteiger partial charge in [0.15, 0.2) is 5.54 Å². The van der Waals surface area contributed by atoms with Crippen LogP contribution in [0.5, 0.6) is 11.5 Å². The summed E-state index contributed by atoms with van der Waals surface area (Å²) in [7, 11) is 3.47. The van der Waals surface area contributed by atoms with Crippen molar-refractivity contribution in [3.8, 4) is 11.5 Å². The van der Waals surface area contributed by atoms with Crippen molar-refractivity contribution in [2.45, 2.75) is 57.9 Å². The number of aliphatic imine (C=N–C) groups is 1. The zero-order valence-corrected chi connectivity index (χ0v) is 17.0. The number of amides is 1. The summed E-state index contributed by atoms with van der Waals surface area (Å²) < 4.78 is 6.03. The largest absolute Gasteiger partial charge is 0.507 e. The number of phenolic OH excluding ortho intramolecular Hbond substituents is 1. The molecule has 1 aliphatic carbocycles. The first-order valence-corrected chi connectivity index (χ1v) is 9.69. The lowest BCUT2D eigenvalue weighted by atomic mass is 9.79. The minimum absolute atomic E-state index is 0.0954. The van der Waals surface area contributed by atoms with Crippen LogP contribution < -0.4 is 10.5 Å². The van der Waals surface area contributed by atoms with E-state index in [0.717, 1.165) is 24.0 Å². The summed E-state index contributed by atoms with van der Waals surface area (Å²) >= 11 is 0. The Kier molecular flexibility index (Phi) is 7.11. The SMILES string of the molecule is Cc1cc(OCC(CC2CCCCC2)(N=CN)C(=O)N(C)C)cc(C)c1O. The van der Waals surface area contributed by atoms with Gasteiger partial charge in [-0.05, 0) is 49.4 Å². The number of carbonyl (C=O) groups is 1. The number of phenols is 1. The molecule has 0 heterocycles. The highest BCUT2D eigenvalue weighted by atomic mass is 16.5. The number of aryl methyl sites for hydroxylation is 2. The molecule has 6 nitrogen and oxygen atoms in total. The minimum Gasteiger partial charge on any atom is -0.507 e. The number of rotatable bonds is 7. The number of nitrogens with zero attached hydrogens (tertiary/aromatic N) is 2. The first kappa shape index (κ1) is 21.1. The van der Waals surface area contributed by atoms with Crippen molar-refractivity contribution in [2.75, 3.05) is 20.7 Å². The molecule has 1 unspecified atom stereocenters. The number of hydrogen-bond donors (Lipinski definition) is 2. The second-order valence-electron chi connectivity index (χ2n) is 7.91. The van der Waals surface area contributed by atoms with Crippen molar-refractivity contribution < 1.29 is 14.6 Å². The van der Waals surface area contributed by atoms with Gasteiger partial charge in [-0.15, -0.1) is 0 Å². The maximum Gasteiger partial charge on any atom is 0.253 e. The zero-order chi connectivity index (χ0) is 20.0. The second kappa shape index (κ2) is 9.11. The van der Waals surface area contributed by atoms with Crippen molar-refractivity contribution in [2.24, 2.45) is 16.6 Å². The Balaban J connectivity index is 2.28. The standard InChI is InChI=1S/C21H33N3O3/c1-15-10-18(11-16(2)19(15)25)27-13-21(23-14-22,20(26)24(3)4)12-17-8-6-5-7-9-17/h10-11,14,17,25H,5-9,12-13H2,1-4H3,(H2,22,23). The van der Waals surface area contributed by atoms with E-state index in [9.17, 15) is 9.90 Å². The Morgan fingerprint density at radius 2 is 1.89 bits per heavy atom. The third-order valence-electron chi connectivity index (χ3n) is 5.42. The van der Waals surface area contributed by atoms with E-state index < -0.39 is 5.54 Å². The highest BCUT2D eigenvalue weighted by molar-refractivity contribution is 5.87. The third-order valence-corrected chi connectivity index (χ3v) is 5.42. The van der Waals surface area contributed by atoms with E-state index in [0.29, 0.717) is 18.1 Å². The molecule has 1 aromatic rings. The molecule has 1 aromatic carbocycles. The van der Waals surface area contributed by atoms with Crippen molar-refractivity contribution in [3.63, 3.8) is 0 Å². The molecule has 0 radical (unpaired) electrons. The molecule has 0 aromatic heterocycles. The predicted molar refractivity (Wildman–Crippen MR) is 108 cm³/mol. The fourth-order valence-electron chi connectivity index (χ4n) is 3.98. The van der Waals surface area contributed by atoms with Crippen molar-refractivity contribution in [1.82, 2.24) is 4.90 Å². The predicted octanol–water partition coefficient (Wildman–Crippen LogP) is 3.17. The lowest BCUT2D eigenvalue weighted by Crippen LogP contribution is -2.50. The van der Waals surface area contributed by atoms with Crippen molar-refractivity contribution in [3.05, 3.63) is 23.3 Å². The van der Waals surface area contributed by atoms with Crippen LogP contribution in [-0.2, 0) is 4.79 Å². The summed E-state index contributed by atoms with van der Waals surface area (Å²) in [6.45, 7) is 3.78. The first-order valence-electron chi connectivity index (χ1n) is 9.69. The van der Waals surface area contributed by atoms with E-state index in [1.807, 2.05) is 13.8 Å². The van der Waals surface area contributed by atoms with E-state index in [1.54, 1.807) is 31.1 Å². The molecule has 6 heteroatoms. The molecule has 1 fully saturated rings. The van der Waals surface area contributed by atoms with Crippen LogP contribution in [0.3, 0.4) is 0 Å². The highest BCUT2D eigenvalue weighted by Crippen LogP contribution is 2.34. The van der Waals surface area contributed by atoms with E-state index in [1.165, 1.54) is 25.6 Å². The monoisotopic (exact) mass is 375 g/mol. The lowest BCUT2D eigenvalue weighted by molar-refractivity contribution is -0.136. The molecule has 1 aliphatic rings. The average Bonchev–Trinajstić information content (AvgIpc) is 2.64. The summed E-state index contributed by atoms with van der Waals surface area (Å²) in [5, 5.41) is 9.96. The van der Waals surface area contributed by atoms with Gasteiger partial charge < -0.3 is 20.5 Å². The molecule has 150 valence electrons. The second-order valence-corrected chi connectivity index (χ2v) is 7.91. The van der Waals surface area contributed by atoms with Crippen LogP contribution in [0.2, 0.25) is 0 Å². The molecule has 27 heavy (non-hydrogen) atoms. The van der Waals surface area contributed by atoms with Gasteiger partial charge in [0.1, 0.15) is 18.1 Å². The summed E-state index contributed by atoms with van der Waals surface area (Å²) in [5.41, 5.74) is 6.10. The van der Waals surface area contributed by atoms with Crippen LogP contribution in [0.25, 0.3) is 0 Å². The molecule has 1 amide bonds. The molecule has 2 rings (SSSR count). The lowest BCUT2D eigenvalue weighted by Gasteiger charge is -2.35. The fourth-order valence-corrected chi connectivity index (χ4v) is 3.98. The molecule has 1 atom stereocenters. The van der Waals surface area contributed by atoms with Gasteiger partial charge in [0.05, 0.1) is 6.34 Å². The van der Waals surface area contributed by atoms with E-state index >= 15 is 0 Å². The topological polar surface area (TPSA) is 88.2 Å². The maximum absolute atomic E-state index is 13.1. The molecular formula is C21H33N3O3. The van der Waals surface area contributed by atoms with Gasteiger partial charge in [0, 0.05) is 14.1 Å². The van der Waals surface area contributed by atoms with Gasteiger partial charge in [0.25, 0.3) is 5.91 Å². The smallest absolute Gasteiger partial charge is 0.253 e. The number of benzene rings is 1. The number of carbonyl (C=O) groups excluding carboxylic acids is 1. The normalized spacial score (nSPS) is 17.6. The average molecular weight is 376 g/mol. The van der Waals surface area contributed by atoms with Crippen molar-refractivity contribution in [1.29, 1.82) is 0 Å². The summed E-state index contributed by atoms with van der Waals surface area (Å²) in [4.78, 5) is 19.1. The van der Waals surface area contributed by atoms with Gasteiger partial charge in [0.2, 0.25) is 0 Å². The van der Waals surface area contributed by atoms with Crippen LogP contribution in [0, 0.1) is 19.8 Å². The van der Waals surface area contributed by atoms with E-state index in [-0.39, 0.29) is 18.3 Å². The Bertz CT molecular complexity index is 658. The molecule has 0 bridgehead atoms. The Morgan fingerprint density at radius 3 is 2.41 bits per heavy atom.